The van der Waals surface area contributed by atoms with Crippen LogP contribution >= 0.6 is 0 Å². The quantitative estimate of drug-likeness (QED) is 0.360. The number of rotatable bonds is 6. The monoisotopic (exact) mass is 566 g/mol. The molecule has 1 atom stereocenters. The number of Topliss-reactive ketones (excluding diaryl/α,β-unsaturated/α-hetero) is 1. The Balaban J connectivity index is 1.48. The number of fused-ring (bicyclic) bond motifs is 2. The number of halogens is 1. The van der Waals surface area contributed by atoms with Gasteiger partial charge in [0, 0.05) is 32.6 Å². The molecular weight excluding hydrogens is 535 g/mol. The number of benzene rings is 1. The normalized spacial score (nSPS) is 25.2. The number of amides is 4. The minimum absolute atomic E-state index is 0.00722. The minimum Gasteiger partial charge on any atom is -0.350 e. The maximum Gasteiger partial charge on any atom is 0.311 e. The number of carbonyl (C=O) groups is 5. The van der Waals surface area contributed by atoms with Crippen LogP contribution < -0.4 is 10.6 Å². The SMILES string of the molecule is Cc1cc(CNC(=O)C2N=C3N(CC4(Cn5cncn5)CCC3(NC(=O)C(=O)N(C)C)CC4)C(=O)C2=O)ccc1F. The molecule has 2 saturated heterocycles. The summed E-state index contributed by atoms with van der Waals surface area (Å²) in [6, 6.07) is 2.69. The fourth-order valence-corrected chi connectivity index (χ4v) is 5.85. The van der Waals surface area contributed by atoms with Gasteiger partial charge in [0.15, 0.2) is 6.04 Å². The van der Waals surface area contributed by atoms with Crippen LogP contribution in [0.2, 0.25) is 0 Å². The average molecular weight is 567 g/mol. The number of aryl methyl sites for hydroxylation is 1. The standard InChI is InChI=1S/C27H31FN8O5/c1-16-10-17(4-5-18(16)28)11-30-21(38)19-20(37)23(40)36-13-26(12-35-15-29-14-31-35)6-8-27(9-7-26,25(36)32-19)33-22(39)24(41)34(2)3/h4-5,10,14-15,19H,6-9,11-13H2,1-3H3,(H,30,38)(H,33,39). The van der Waals surface area contributed by atoms with Crippen molar-refractivity contribution in [2.75, 3.05) is 20.6 Å². The molecule has 4 amide bonds. The number of carbonyl (C=O) groups excluding carboxylic acids is 5. The predicted octanol–water partition coefficient (Wildman–Crippen LogP) is -0.262. The van der Waals surface area contributed by atoms with Gasteiger partial charge in [0.05, 0.1) is 12.1 Å². The number of aromatic nitrogens is 3. The molecule has 41 heavy (non-hydrogen) atoms. The van der Waals surface area contributed by atoms with Gasteiger partial charge in [-0.15, -0.1) is 0 Å². The van der Waals surface area contributed by atoms with E-state index in [4.69, 9.17) is 0 Å². The summed E-state index contributed by atoms with van der Waals surface area (Å²) in [5.41, 5.74) is -0.740. The number of hydrogen-bond donors (Lipinski definition) is 2. The molecule has 2 bridgehead atoms. The van der Waals surface area contributed by atoms with Gasteiger partial charge in [-0.2, -0.15) is 5.10 Å². The lowest BCUT2D eigenvalue weighted by atomic mass is 9.68. The van der Waals surface area contributed by atoms with Crippen molar-refractivity contribution in [3.05, 3.63) is 47.8 Å². The second kappa shape index (κ2) is 10.5. The van der Waals surface area contributed by atoms with Gasteiger partial charge in [0.2, 0.25) is 0 Å². The first kappa shape index (κ1) is 28.1. The second-order valence-electron chi connectivity index (χ2n) is 11.2. The first-order chi connectivity index (χ1) is 19.4. The van der Waals surface area contributed by atoms with E-state index >= 15 is 0 Å². The average Bonchev–Trinajstić information content (AvgIpc) is 3.36. The van der Waals surface area contributed by atoms with Crippen molar-refractivity contribution in [3.63, 3.8) is 0 Å². The molecule has 1 aliphatic carbocycles. The van der Waals surface area contributed by atoms with Gasteiger partial charge in [-0.25, -0.2) is 14.4 Å². The number of nitrogens with one attached hydrogen (secondary N) is 2. The molecule has 6 rings (SSSR count). The highest BCUT2D eigenvalue weighted by Gasteiger charge is 2.58. The van der Waals surface area contributed by atoms with Gasteiger partial charge in [-0.05, 0) is 49.8 Å². The lowest BCUT2D eigenvalue weighted by molar-refractivity contribution is -0.146. The molecule has 1 unspecified atom stereocenters. The van der Waals surface area contributed by atoms with E-state index in [1.165, 1.54) is 37.5 Å². The van der Waals surface area contributed by atoms with Crippen LogP contribution in [0.1, 0.15) is 36.8 Å². The number of amidine groups is 1. The maximum atomic E-state index is 13.6. The molecule has 216 valence electrons. The molecule has 2 N–H and O–H groups in total. The Labute approximate surface area is 235 Å². The highest BCUT2D eigenvalue weighted by Crippen LogP contribution is 2.48. The first-order valence-electron chi connectivity index (χ1n) is 13.3. The van der Waals surface area contributed by atoms with Crippen molar-refractivity contribution in [2.24, 2.45) is 10.4 Å². The summed E-state index contributed by atoms with van der Waals surface area (Å²) >= 11 is 0. The molecule has 1 saturated carbocycles. The number of aliphatic imine (C=N–C) groups is 1. The third-order valence-corrected chi connectivity index (χ3v) is 8.15. The Morgan fingerprint density at radius 2 is 1.88 bits per heavy atom. The Kier molecular flexibility index (Phi) is 7.17. The van der Waals surface area contributed by atoms with Crippen LogP contribution in [0.4, 0.5) is 4.39 Å². The number of likely N-dealkylation sites (N-methyl/N-ethyl adjacent to an activating group) is 1. The molecule has 4 aliphatic rings. The lowest BCUT2D eigenvalue weighted by Crippen LogP contribution is -2.65. The van der Waals surface area contributed by atoms with Gasteiger partial charge in [-0.3, -0.25) is 33.6 Å². The smallest absolute Gasteiger partial charge is 0.311 e. The molecule has 2 aromatic rings. The molecule has 1 aromatic carbocycles. The Morgan fingerprint density at radius 3 is 2.51 bits per heavy atom. The molecule has 14 heteroatoms. The molecular formula is C27H31FN8O5. The van der Waals surface area contributed by atoms with Gasteiger partial charge in [-0.1, -0.05) is 12.1 Å². The summed E-state index contributed by atoms with van der Waals surface area (Å²) in [6.45, 7) is 2.13. The molecule has 0 radical (unpaired) electrons. The third-order valence-electron chi connectivity index (χ3n) is 8.15. The van der Waals surface area contributed by atoms with Crippen molar-refractivity contribution in [1.82, 2.24) is 35.2 Å². The highest BCUT2D eigenvalue weighted by molar-refractivity contribution is 6.46. The van der Waals surface area contributed by atoms with Crippen LogP contribution in [0.25, 0.3) is 0 Å². The van der Waals surface area contributed by atoms with Crippen molar-refractivity contribution < 1.29 is 28.4 Å². The van der Waals surface area contributed by atoms with Crippen molar-refractivity contribution >= 4 is 35.2 Å². The topological polar surface area (TPSA) is 159 Å². The highest BCUT2D eigenvalue weighted by atomic mass is 19.1. The van der Waals surface area contributed by atoms with Crippen LogP contribution in [0.5, 0.6) is 0 Å². The van der Waals surface area contributed by atoms with Crippen LogP contribution in [-0.2, 0) is 37.1 Å². The summed E-state index contributed by atoms with van der Waals surface area (Å²) < 4.78 is 15.3. The Morgan fingerprint density at radius 1 is 1.15 bits per heavy atom. The fourth-order valence-electron chi connectivity index (χ4n) is 5.85. The zero-order chi connectivity index (χ0) is 29.5. The van der Waals surface area contributed by atoms with Crippen LogP contribution in [0, 0.1) is 18.2 Å². The van der Waals surface area contributed by atoms with Gasteiger partial charge in [0.25, 0.3) is 17.6 Å². The first-order valence-corrected chi connectivity index (χ1v) is 13.3. The number of ketones is 1. The largest absolute Gasteiger partial charge is 0.350 e. The molecule has 0 spiro atoms. The van der Waals surface area contributed by atoms with E-state index in [0.717, 1.165) is 4.90 Å². The predicted molar refractivity (Wildman–Crippen MR) is 141 cm³/mol. The van der Waals surface area contributed by atoms with E-state index in [-0.39, 0.29) is 24.7 Å². The van der Waals surface area contributed by atoms with Crippen LogP contribution in [-0.4, -0.2) is 92.0 Å². The summed E-state index contributed by atoms with van der Waals surface area (Å²) in [4.78, 5) is 76.4. The number of hydrogen-bond acceptors (Lipinski definition) is 8. The maximum absolute atomic E-state index is 13.6. The zero-order valence-corrected chi connectivity index (χ0v) is 23.0. The summed E-state index contributed by atoms with van der Waals surface area (Å²) in [7, 11) is 2.90. The van der Waals surface area contributed by atoms with Gasteiger partial charge in [0.1, 0.15) is 24.3 Å². The molecule has 1 aromatic heterocycles. The zero-order valence-electron chi connectivity index (χ0n) is 23.0. The Hall–Kier alpha value is -4.49. The van der Waals surface area contributed by atoms with E-state index in [0.29, 0.717) is 43.4 Å². The van der Waals surface area contributed by atoms with Gasteiger partial charge >= 0.3 is 11.8 Å². The molecule has 4 heterocycles. The summed E-state index contributed by atoms with van der Waals surface area (Å²) in [5, 5.41) is 9.63. The van der Waals surface area contributed by atoms with Crippen molar-refractivity contribution in [1.29, 1.82) is 0 Å². The minimum atomic E-state index is -1.67. The summed E-state index contributed by atoms with van der Waals surface area (Å²) in [6.07, 6.45) is 4.69. The molecule has 13 nitrogen and oxygen atoms in total. The van der Waals surface area contributed by atoms with E-state index in [1.54, 1.807) is 24.0 Å². The van der Waals surface area contributed by atoms with Crippen molar-refractivity contribution in [2.45, 2.75) is 57.3 Å². The summed E-state index contributed by atoms with van der Waals surface area (Å²) in [5.74, 6) is -4.64. The van der Waals surface area contributed by atoms with E-state index in [1.807, 2.05) is 0 Å². The van der Waals surface area contributed by atoms with Gasteiger partial charge < -0.3 is 15.5 Å². The Bertz CT molecular complexity index is 1450. The lowest BCUT2D eigenvalue weighted by Gasteiger charge is -2.42. The van der Waals surface area contributed by atoms with Crippen molar-refractivity contribution in [3.8, 4) is 0 Å². The number of nitrogens with zero attached hydrogens (tertiary/aromatic N) is 6. The second-order valence-corrected chi connectivity index (χ2v) is 11.2. The fraction of sp³-hybridized carbons (Fsp3) is 0.481. The van der Waals surface area contributed by atoms with Crippen LogP contribution in [0.15, 0.2) is 35.8 Å². The third kappa shape index (κ3) is 5.21. The van der Waals surface area contributed by atoms with E-state index in [9.17, 15) is 28.4 Å². The molecule has 3 fully saturated rings. The van der Waals surface area contributed by atoms with Crippen LogP contribution in [0.3, 0.4) is 0 Å². The molecule has 3 aliphatic heterocycles. The van der Waals surface area contributed by atoms with E-state index in [2.05, 4.69) is 25.7 Å². The van der Waals surface area contributed by atoms with E-state index < -0.39 is 46.4 Å².